The van der Waals surface area contributed by atoms with Gasteiger partial charge in [0.15, 0.2) is 0 Å². The zero-order valence-electron chi connectivity index (χ0n) is 12.4. The molecule has 0 atom stereocenters. The van der Waals surface area contributed by atoms with Crippen molar-refractivity contribution < 1.29 is 0 Å². The Morgan fingerprint density at radius 3 is 2.70 bits per heavy atom. The Kier molecular flexibility index (Phi) is 5.47. The SMILES string of the molecule is CCCNc1nc(CCC)nc(Cc2nccs2)c1C. The van der Waals surface area contributed by atoms with Gasteiger partial charge in [-0.15, -0.1) is 11.3 Å². The van der Waals surface area contributed by atoms with Gasteiger partial charge in [-0.1, -0.05) is 13.8 Å². The molecule has 4 nitrogen and oxygen atoms in total. The molecule has 20 heavy (non-hydrogen) atoms. The fourth-order valence-electron chi connectivity index (χ4n) is 2.02. The van der Waals surface area contributed by atoms with Gasteiger partial charge in [-0.2, -0.15) is 0 Å². The van der Waals surface area contributed by atoms with Gasteiger partial charge in [0.1, 0.15) is 11.6 Å². The standard InChI is InChI=1S/C15H22N4S/c1-4-6-13-18-12(10-14-16-8-9-20-14)11(3)15(19-13)17-7-5-2/h8-9H,4-7,10H2,1-3H3,(H,17,18,19). The van der Waals surface area contributed by atoms with E-state index in [-0.39, 0.29) is 0 Å². The second-order valence-corrected chi connectivity index (χ2v) is 5.82. The van der Waals surface area contributed by atoms with Gasteiger partial charge in [0.25, 0.3) is 0 Å². The van der Waals surface area contributed by atoms with Crippen LogP contribution in [0.4, 0.5) is 5.82 Å². The van der Waals surface area contributed by atoms with Crippen LogP contribution in [0.25, 0.3) is 0 Å². The average Bonchev–Trinajstić information content (AvgIpc) is 2.94. The van der Waals surface area contributed by atoms with Crippen molar-refractivity contribution in [1.82, 2.24) is 15.0 Å². The number of thiazole rings is 1. The topological polar surface area (TPSA) is 50.7 Å². The van der Waals surface area contributed by atoms with Crippen molar-refractivity contribution in [2.24, 2.45) is 0 Å². The molecule has 0 aromatic carbocycles. The lowest BCUT2D eigenvalue weighted by Crippen LogP contribution is -2.11. The van der Waals surface area contributed by atoms with Crippen molar-refractivity contribution in [2.45, 2.75) is 46.5 Å². The lowest BCUT2D eigenvalue weighted by atomic mass is 10.1. The number of hydrogen-bond donors (Lipinski definition) is 1. The third-order valence-corrected chi connectivity index (χ3v) is 3.89. The number of aryl methyl sites for hydroxylation is 1. The van der Waals surface area contributed by atoms with E-state index in [1.165, 1.54) is 0 Å². The number of nitrogens with zero attached hydrogens (tertiary/aromatic N) is 3. The summed E-state index contributed by atoms with van der Waals surface area (Å²) < 4.78 is 0. The minimum absolute atomic E-state index is 0.795. The molecule has 0 saturated carbocycles. The molecule has 0 amide bonds. The van der Waals surface area contributed by atoms with E-state index in [9.17, 15) is 0 Å². The Morgan fingerprint density at radius 1 is 1.20 bits per heavy atom. The number of hydrogen-bond acceptors (Lipinski definition) is 5. The second-order valence-electron chi connectivity index (χ2n) is 4.84. The molecule has 0 spiro atoms. The number of aromatic nitrogens is 3. The van der Waals surface area contributed by atoms with Crippen LogP contribution in [0.1, 0.15) is 48.8 Å². The Bertz CT molecular complexity index is 537. The summed E-state index contributed by atoms with van der Waals surface area (Å²) in [6.45, 7) is 7.35. The zero-order valence-corrected chi connectivity index (χ0v) is 13.3. The molecule has 2 aromatic heterocycles. The molecule has 0 saturated heterocycles. The summed E-state index contributed by atoms with van der Waals surface area (Å²) in [6.07, 6.45) is 5.72. The number of rotatable bonds is 7. The first-order chi connectivity index (χ1) is 9.74. The summed E-state index contributed by atoms with van der Waals surface area (Å²) in [5.41, 5.74) is 2.24. The lowest BCUT2D eigenvalue weighted by Gasteiger charge is -2.13. The summed E-state index contributed by atoms with van der Waals surface area (Å²) in [4.78, 5) is 13.7. The van der Waals surface area contributed by atoms with Gasteiger partial charge in [-0.3, -0.25) is 0 Å². The molecule has 5 heteroatoms. The van der Waals surface area contributed by atoms with Crippen LogP contribution in [0, 0.1) is 6.92 Å². The van der Waals surface area contributed by atoms with Crippen molar-refractivity contribution in [3.05, 3.63) is 33.7 Å². The van der Waals surface area contributed by atoms with Crippen molar-refractivity contribution in [3.8, 4) is 0 Å². The quantitative estimate of drug-likeness (QED) is 0.846. The third-order valence-electron chi connectivity index (χ3n) is 3.11. The van der Waals surface area contributed by atoms with Crippen LogP contribution in [0.3, 0.4) is 0 Å². The summed E-state index contributed by atoms with van der Waals surface area (Å²) in [5, 5.41) is 6.53. The van der Waals surface area contributed by atoms with E-state index < -0.39 is 0 Å². The lowest BCUT2D eigenvalue weighted by molar-refractivity contribution is 0.808. The predicted octanol–water partition coefficient (Wildman–Crippen LogP) is 3.61. The van der Waals surface area contributed by atoms with E-state index in [2.05, 4.69) is 36.1 Å². The van der Waals surface area contributed by atoms with Crippen LogP contribution in [0.15, 0.2) is 11.6 Å². The Morgan fingerprint density at radius 2 is 2.05 bits per heavy atom. The highest BCUT2D eigenvalue weighted by atomic mass is 32.1. The molecular formula is C15H22N4S. The van der Waals surface area contributed by atoms with Gasteiger partial charge in [0, 0.05) is 36.5 Å². The van der Waals surface area contributed by atoms with E-state index in [0.29, 0.717) is 0 Å². The smallest absolute Gasteiger partial charge is 0.132 e. The van der Waals surface area contributed by atoms with Crippen LogP contribution >= 0.6 is 11.3 Å². The maximum Gasteiger partial charge on any atom is 0.132 e. The highest BCUT2D eigenvalue weighted by Crippen LogP contribution is 2.20. The third kappa shape index (κ3) is 3.76. The maximum absolute atomic E-state index is 4.72. The van der Waals surface area contributed by atoms with E-state index >= 15 is 0 Å². The molecule has 2 rings (SSSR count). The van der Waals surface area contributed by atoms with Crippen LogP contribution in [-0.2, 0) is 12.8 Å². The Hall–Kier alpha value is -1.49. The molecule has 0 bridgehead atoms. The molecule has 2 aromatic rings. The van der Waals surface area contributed by atoms with Crippen molar-refractivity contribution in [3.63, 3.8) is 0 Å². The number of anilines is 1. The molecule has 108 valence electrons. The van der Waals surface area contributed by atoms with Crippen molar-refractivity contribution in [2.75, 3.05) is 11.9 Å². The number of nitrogens with one attached hydrogen (secondary N) is 1. The normalized spacial score (nSPS) is 10.8. The first kappa shape index (κ1) is 14.9. The van der Waals surface area contributed by atoms with Gasteiger partial charge in [0.2, 0.25) is 0 Å². The van der Waals surface area contributed by atoms with Gasteiger partial charge in [0.05, 0.1) is 10.7 Å². The highest BCUT2D eigenvalue weighted by Gasteiger charge is 2.12. The fraction of sp³-hybridized carbons (Fsp3) is 0.533. The van der Waals surface area contributed by atoms with E-state index in [0.717, 1.165) is 60.1 Å². The molecule has 0 aliphatic heterocycles. The highest BCUT2D eigenvalue weighted by molar-refractivity contribution is 7.09. The maximum atomic E-state index is 4.72. The molecule has 0 unspecified atom stereocenters. The van der Waals surface area contributed by atoms with Crippen molar-refractivity contribution in [1.29, 1.82) is 0 Å². The predicted molar refractivity (Wildman–Crippen MR) is 84.5 cm³/mol. The molecule has 0 aliphatic carbocycles. The van der Waals surface area contributed by atoms with Crippen LogP contribution < -0.4 is 5.32 Å². The summed E-state index contributed by atoms with van der Waals surface area (Å²) in [6, 6.07) is 0. The minimum atomic E-state index is 0.795. The molecule has 0 radical (unpaired) electrons. The van der Waals surface area contributed by atoms with Gasteiger partial charge in [-0.25, -0.2) is 15.0 Å². The van der Waals surface area contributed by atoms with Crippen molar-refractivity contribution >= 4 is 17.2 Å². The monoisotopic (exact) mass is 290 g/mol. The van der Waals surface area contributed by atoms with Gasteiger partial charge < -0.3 is 5.32 Å². The Labute approximate surface area is 124 Å². The molecule has 2 heterocycles. The molecule has 0 fully saturated rings. The summed E-state index contributed by atoms with van der Waals surface area (Å²) in [7, 11) is 0. The average molecular weight is 290 g/mol. The zero-order chi connectivity index (χ0) is 14.4. The van der Waals surface area contributed by atoms with Gasteiger partial charge >= 0.3 is 0 Å². The minimum Gasteiger partial charge on any atom is -0.370 e. The summed E-state index contributed by atoms with van der Waals surface area (Å²) >= 11 is 1.68. The van der Waals surface area contributed by atoms with E-state index in [1.807, 2.05) is 11.6 Å². The molecule has 0 aliphatic rings. The first-order valence-electron chi connectivity index (χ1n) is 7.23. The van der Waals surface area contributed by atoms with Crippen LogP contribution in [-0.4, -0.2) is 21.5 Å². The van der Waals surface area contributed by atoms with Crippen LogP contribution in [0.5, 0.6) is 0 Å². The molecular weight excluding hydrogens is 268 g/mol. The Balaban J connectivity index is 2.29. The fourth-order valence-corrected chi connectivity index (χ4v) is 2.64. The second kappa shape index (κ2) is 7.33. The van der Waals surface area contributed by atoms with Crippen LogP contribution in [0.2, 0.25) is 0 Å². The first-order valence-corrected chi connectivity index (χ1v) is 8.11. The van der Waals surface area contributed by atoms with E-state index in [4.69, 9.17) is 4.98 Å². The largest absolute Gasteiger partial charge is 0.370 e. The summed E-state index contributed by atoms with van der Waals surface area (Å²) in [5.74, 6) is 1.92. The molecule has 1 N–H and O–H groups in total. The van der Waals surface area contributed by atoms with Gasteiger partial charge in [-0.05, 0) is 19.8 Å². The van der Waals surface area contributed by atoms with E-state index in [1.54, 1.807) is 11.3 Å².